The summed E-state index contributed by atoms with van der Waals surface area (Å²) < 4.78 is 13.9. The SMILES string of the molecule is CN(Cc1ccccc1)C(OC(=O)C(=O)OC(C(=O)Nc1ccn(-c2ccc(Cl)c(Cl)c2)n1)N(C)Cc1ccccc1)C(=O)Nc1ccn(-c2ccc(Cl)c(Cl)c2)n1. The van der Waals surface area contributed by atoms with Gasteiger partial charge in [0.25, 0.3) is 11.8 Å². The zero-order valence-electron chi connectivity index (χ0n) is 30.8. The van der Waals surface area contributed by atoms with Gasteiger partial charge in [0.1, 0.15) is 0 Å². The van der Waals surface area contributed by atoms with Crippen LogP contribution in [0.15, 0.2) is 122 Å². The van der Waals surface area contributed by atoms with E-state index in [0.29, 0.717) is 31.5 Å². The van der Waals surface area contributed by atoms with Crippen LogP contribution in [0.25, 0.3) is 11.4 Å². The lowest BCUT2D eigenvalue weighted by molar-refractivity contribution is -0.186. The predicted molar refractivity (Wildman–Crippen MR) is 220 cm³/mol. The van der Waals surface area contributed by atoms with Gasteiger partial charge in [-0.1, -0.05) is 107 Å². The van der Waals surface area contributed by atoms with E-state index in [1.54, 1.807) is 48.8 Å². The molecule has 298 valence electrons. The third-order valence-corrected chi connectivity index (χ3v) is 9.90. The number of amides is 2. The highest BCUT2D eigenvalue weighted by atomic mass is 35.5. The highest BCUT2D eigenvalue weighted by molar-refractivity contribution is 6.42. The van der Waals surface area contributed by atoms with E-state index in [1.807, 2.05) is 60.7 Å². The van der Waals surface area contributed by atoms with Gasteiger partial charge >= 0.3 is 11.9 Å². The Bertz CT molecular complexity index is 2250. The number of rotatable bonds is 14. The Morgan fingerprint density at radius 3 is 1.31 bits per heavy atom. The molecule has 2 atom stereocenters. The first-order valence-corrected chi connectivity index (χ1v) is 18.9. The molecule has 0 aliphatic rings. The van der Waals surface area contributed by atoms with Crippen molar-refractivity contribution < 1.29 is 28.7 Å². The topological polar surface area (TPSA) is 153 Å². The number of benzene rings is 4. The van der Waals surface area contributed by atoms with Crippen LogP contribution >= 0.6 is 46.4 Å². The standard InChI is InChI=1S/C40H34Cl4N8O6/c1-49(23-25-9-5-3-6-10-25)37(35(53)45-33-17-19-51(47-33)27-13-15-29(41)31(43)21-27)57-39(55)40(56)58-38(50(2)24-26-11-7-4-8-12-26)36(54)46-34-18-20-52(48-34)28-14-16-30(42)32(44)22-28/h3-22,37-38H,23-24H2,1-2H3,(H,45,47,53)(H,46,48,54). The summed E-state index contributed by atoms with van der Waals surface area (Å²) in [6.45, 7) is 0.275. The normalized spacial score (nSPS) is 12.2. The Kier molecular flexibility index (Phi) is 13.8. The van der Waals surface area contributed by atoms with Crippen molar-refractivity contribution in [2.75, 3.05) is 24.7 Å². The number of aromatic nitrogens is 4. The van der Waals surface area contributed by atoms with Gasteiger partial charge in [-0.25, -0.2) is 19.0 Å². The minimum absolute atomic E-state index is 0.105. The highest BCUT2D eigenvalue weighted by Gasteiger charge is 2.36. The van der Waals surface area contributed by atoms with Crippen LogP contribution in [-0.4, -0.2) is 79.7 Å². The molecule has 14 nitrogen and oxygen atoms in total. The van der Waals surface area contributed by atoms with Crippen molar-refractivity contribution in [3.8, 4) is 11.4 Å². The third-order valence-electron chi connectivity index (χ3n) is 8.42. The molecule has 4 aromatic carbocycles. The smallest absolute Gasteiger partial charge is 0.419 e. The number of nitrogens with one attached hydrogen (secondary N) is 2. The molecule has 0 aliphatic carbocycles. The van der Waals surface area contributed by atoms with Gasteiger partial charge in [-0.3, -0.25) is 19.4 Å². The van der Waals surface area contributed by atoms with Gasteiger partial charge < -0.3 is 20.1 Å². The fraction of sp³-hybridized carbons (Fsp3) is 0.150. The monoisotopic (exact) mass is 862 g/mol. The molecule has 2 amide bonds. The summed E-state index contributed by atoms with van der Waals surface area (Å²) in [6, 6.07) is 31.0. The van der Waals surface area contributed by atoms with Crippen LogP contribution in [-0.2, 0) is 41.7 Å². The van der Waals surface area contributed by atoms with E-state index >= 15 is 0 Å². The van der Waals surface area contributed by atoms with Crippen molar-refractivity contribution in [2.45, 2.75) is 25.5 Å². The molecule has 2 aromatic heterocycles. The summed E-state index contributed by atoms with van der Waals surface area (Å²) in [5, 5.41) is 15.3. The van der Waals surface area contributed by atoms with E-state index < -0.39 is 36.2 Å². The van der Waals surface area contributed by atoms with Gasteiger partial charge in [-0.05, 0) is 61.6 Å². The molecule has 18 heteroatoms. The van der Waals surface area contributed by atoms with E-state index in [1.165, 1.54) is 45.4 Å². The molecule has 6 rings (SSSR count). The lowest BCUT2D eigenvalue weighted by Crippen LogP contribution is -2.48. The number of likely N-dealkylation sites (N-methyl/N-ethyl adjacent to an activating group) is 2. The maximum atomic E-state index is 13.8. The molecule has 2 unspecified atom stereocenters. The number of esters is 2. The van der Waals surface area contributed by atoms with Crippen molar-refractivity contribution in [3.05, 3.63) is 153 Å². The molecule has 0 aliphatic heterocycles. The summed E-state index contributed by atoms with van der Waals surface area (Å²) in [5.74, 6) is -4.51. The molecule has 0 saturated heterocycles. The largest absolute Gasteiger partial charge is 0.428 e. The molecular weight excluding hydrogens is 830 g/mol. The average molecular weight is 865 g/mol. The number of nitrogens with zero attached hydrogens (tertiary/aromatic N) is 6. The summed E-state index contributed by atoms with van der Waals surface area (Å²) >= 11 is 24.4. The Balaban J connectivity index is 1.19. The van der Waals surface area contributed by atoms with Gasteiger partial charge in [0.2, 0.25) is 12.5 Å². The minimum Gasteiger partial charge on any atom is -0.428 e. The fourth-order valence-corrected chi connectivity index (χ4v) is 6.18. The van der Waals surface area contributed by atoms with E-state index in [4.69, 9.17) is 55.9 Å². The summed E-state index contributed by atoms with van der Waals surface area (Å²) in [6.07, 6.45) is -0.156. The number of halogens is 4. The molecular formula is C40H34Cl4N8O6. The second-order valence-corrected chi connectivity index (χ2v) is 14.4. The van der Waals surface area contributed by atoms with Gasteiger partial charge in [0, 0.05) is 37.6 Å². The van der Waals surface area contributed by atoms with Crippen molar-refractivity contribution in [1.82, 2.24) is 29.4 Å². The zero-order chi connectivity index (χ0) is 41.3. The number of carbonyl (C=O) groups is 4. The third kappa shape index (κ3) is 10.8. The van der Waals surface area contributed by atoms with Crippen LogP contribution in [0.3, 0.4) is 0 Å². The Morgan fingerprint density at radius 2 is 0.948 bits per heavy atom. The zero-order valence-corrected chi connectivity index (χ0v) is 33.8. The summed E-state index contributed by atoms with van der Waals surface area (Å²) in [4.78, 5) is 57.4. The number of carbonyl (C=O) groups excluding carboxylic acids is 4. The number of hydrogen-bond acceptors (Lipinski definition) is 10. The van der Waals surface area contributed by atoms with Crippen LogP contribution in [0.2, 0.25) is 20.1 Å². The fourth-order valence-electron chi connectivity index (χ4n) is 5.59. The molecule has 2 N–H and O–H groups in total. The quantitative estimate of drug-likeness (QED) is 0.0651. The Hall–Kier alpha value is -5.74. The van der Waals surface area contributed by atoms with Crippen molar-refractivity contribution in [3.63, 3.8) is 0 Å². The molecule has 2 heterocycles. The van der Waals surface area contributed by atoms with E-state index in [2.05, 4.69) is 20.8 Å². The average Bonchev–Trinajstić information content (AvgIpc) is 3.88. The predicted octanol–water partition coefficient (Wildman–Crippen LogP) is 7.25. The second-order valence-electron chi connectivity index (χ2n) is 12.8. The lowest BCUT2D eigenvalue weighted by atomic mass is 10.2. The van der Waals surface area contributed by atoms with E-state index in [9.17, 15) is 19.2 Å². The van der Waals surface area contributed by atoms with Gasteiger partial charge in [0.05, 0.1) is 31.5 Å². The van der Waals surface area contributed by atoms with Gasteiger partial charge in [0.15, 0.2) is 11.6 Å². The molecule has 0 radical (unpaired) electrons. The molecule has 0 spiro atoms. The van der Waals surface area contributed by atoms with E-state index in [0.717, 1.165) is 11.1 Å². The molecule has 58 heavy (non-hydrogen) atoms. The molecule has 0 saturated carbocycles. The lowest BCUT2D eigenvalue weighted by Gasteiger charge is -2.28. The highest BCUT2D eigenvalue weighted by Crippen LogP contribution is 2.26. The molecule has 0 bridgehead atoms. The van der Waals surface area contributed by atoms with Crippen LogP contribution in [0.4, 0.5) is 11.6 Å². The van der Waals surface area contributed by atoms with Gasteiger partial charge in [-0.2, -0.15) is 10.2 Å². The van der Waals surface area contributed by atoms with Crippen LogP contribution in [0, 0.1) is 0 Å². The van der Waals surface area contributed by atoms with Crippen molar-refractivity contribution >= 4 is 81.8 Å². The first-order valence-electron chi connectivity index (χ1n) is 17.4. The summed E-state index contributed by atoms with van der Waals surface area (Å²) in [5.41, 5.74) is 2.70. The Morgan fingerprint density at radius 1 is 0.569 bits per heavy atom. The first-order chi connectivity index (χ1) is 27.8. The first kappa shape index (κ1) is 41.9. The Labute approximate surface area is 352 Å². The van der Waals surface area contributed by atoms with Crippen molar-refractivity contribution in [1.29, 1.82) is 0 Å². The van der Waals surface area contributed by atoms with Crippen LogP contribution < -0.4 is 10.6 Å². The maximum absolute atomic E-state index is 13.8. The van der Waals surface area contributed by atoms with Crippen LogP contribution in [0.1, 0.15) is 11.1 Å². The number of ether oxygens (including phenoxy) is 2. The minimum atomic E-state index is -1.66. The maximum Gasteiger partial charge on any atom is 0.419 e. The molecule has 6 aromatic rings. The van der Waals surface area contributed by atoms with Crippen molar-refractivity contribution in [2.24, 2.45) is 0 Å². The number of anilines is 2. The number of hydrogen-bond donors (Lipinski definition) is 2. The molecule has 0 fully saturated rings. The van der Waals surface area contributed by atoms with Gasteiger partial charge in [-0.15, -0.1) is 0 Å². The van der Waals surface area contributed by atoms with Crippen LogP contribution in [0.5, 0.6) is 0 Å². The second kappa shape index (κ2) is 19.1. The summed E-state index contributed by atoms with van der Waals surface area (Å²) in [7, 11) is 3.07. The van der Waals surface area contributed by atoms with E-state index in [-0.39, 0.29) is 24.7 Å².